The standard InChI is InChI=1S/C29H25ClN5OS/c1-33(2)28-25(30)26(20-12-14-34(15-13-20)29(36)24-11-6-16-37-24)32-27-23(18-31-35(27)28)22-10-5-9-19-7-3-4-8-21(19)17-22/h3-4,6-12,16-18H,1,5,13-15H2,2H3/q+1. The second-order valence-corrected chi connectivity index (χ2v) is 10.5. The van der Waals surface area contributed by atoms with Crippen molar-refractivity contribution in [2.75, 3.05) is 20.1 Å². The molecule has 1 aromatic carbocycles. The van der Waals surface area contributed by atoms with E-state index in [4.69, 9.17) is 16.6 Å². The first kappa shape index (κ1) is 23.6. The van der Waals surface area contributed by atoms with E-state index in [9.17, 15) is 4.79 Å². The summed E-state index contributed by atoms with van der Waals surface area (Å²) in [5, 5.41) is 9.47. The maximum absolute atomic E-state index is 12.8. The minimum absolute atomic E-state index is 0.0592. The number of hydrogen-bond acceptors (Lipinski definition) is 4. The Hall–Kier alpha value is -3.81. The smallest absolute Gasteiger partial charge is 0.329 e. The zero-order chi connectivity index (χ0) is 25.5. The van der Waals surface area contributed by atoms with Gasteiger partial charge in [-0.3, -0.25) is 4.79 Å². The molecular formula is C29H25ClN5OS+. The van der Waals surface area contributed by atoms with E-state index in [1.54, 1.807) is 9.09 Å². The second kappa shape index (κ2) is 9.57. The van der Waals surface area contributed by atoms with Crippen LogP contribution >= 0.6 is 22.9 Å². The molecule has 4 heterocycles. The van der Waals surface area contributed by atoms with Crippen LogP contribution in [0.2, 0.25) is 5.02 Å². The molecule has 0 spiro atoms. The quantitative estimate of drug-likeness (QED) is 0.293. The Morgan fingerprint density at radius 1 is 1.14 bits per heavy atom. The molecule has 6 rings (SSSR count). The average molecular weight is 527 g/mol. The minimum atomic E-state index is 0.0592. The van der Waals surface area contributed by atoms with Crippen molar-refractivity contribution in [1.82, 2.24) is 19.5 Å². The van der Waals surface area contributed by atoms with Gasteiger partial charge in [0.05, 0.1) is 36.1 Å². The number of halogens is 1. The van der Waals surface area contributed by atoms with Crippen LogP contribution in [0.5, 0.6) is 0 Å². The van der Waals surface area contributed by atoms with Gasteiger partial charge in [-0.1, -0.05) is 69.8 Å². The van der Waals surface area contributed by atoms with Crippen molar-refractivity contribution in [3.63, 3.8) is 0 Å². The van der Waals surface area contributed by atoms with Gasteiger partial charge < -0.3 is 4.90 Å². The van der Waals surface area contributed by atoms with Crippen molar-refractivity contribution < 1.29 is 9.37 Å². The van der Waals surface area contributed by atoms with Gasteiger partial charge >= 0.3 is 5.82 Å². The Labute approximate surface area is 223 Å². The van der Waals surface area contributed by atoms with Crippen molar-refractivity contribution in [1.29, 1.82) is 0 Å². The van der Waals surface area contributed by atoms with Crippen molar-refractivity contribution in [3.8, 4) is 0 Å². The zero-order valence-electron chi connectivity index (χ0n) is 20.4. The summed E-state index contributed by atoms with van der Waals surface area (Å²) in [5.74, 6) is 0.732. The molecule has 0 saturated heterocycles. The molecule has 0 radical (unpaired) electrons. The topological polar surface area (TPSA) is 53.5 Å². The number of rotatable bonds is 4. The molecule has 2 aliphatic rings. The predicted molar refractivity (Wildman–Crippen MR) is 151 cm³/mol. The van der Waals surface area contributed by atoms with E-state index in [0.29, 0.717) is 36.0 Å². The SMILES string of the molecule is C=[N+](C)c1c(Cl)c(C2=CCN(C(=O)c3cccs3)CC2)nc2c(C3=CCC=c4ccccc4=C3)cnn12. The molecule has 0 N–H and O–H groups in total. The van der Waals surface area contributed by atoms with Crippen molar-refractivity contribution >= 4 is 70.3 Å². The normalized spacial score (nSPS) is 15.2. The molecular weight excluding hydrogens is 502 g/mol. The van der Waals surface area contributed by atoms with Crippen LogP contribution in [0.4, 0.5) is 5.82 Å². The number of thiophene rings is 1. The van der Waals surface area contributed by atoms with E-state index in [1.807, 2.05) is 35.7 Å². The Morgan fingerprint density at radius 3 is 2.70 bits per heavy atom. The number of amides is 1. The third-order valence-electron chi connectivity index (χ3n) is 6.75. The van der Waals surface area contributed by atoms with Gasteiger partial charge in [0.2, 0.25) is 0 Å². The summed E-state index contributed by atoms with van der Waals surface area (Å²) in [6.45, 7) is 5.22. The second-order valence-electron chi connectivity index (χ2n) is 9.17. The number of aromatic nitrogens is 3. The van der Waals surface area contributed by atoms with Crippen LogP contribution in [0.15, 0.2) is 60.1 Å². The number of fused-ring (bicyclic) bond motifs is 2. The first-order valence-corrected chi connectivity index (χ1v) is 13.4. The molecule has 0 saturated carbocycles. The summed E-state index contributed by atoms with van der Waals surface area (Å²) in [7, 11) is 1.85. The van der Waals surface area contributed by atoms with Crippen LogP contribution in [0.3, 0.4) is 0 Å². The fourth-order valence-electron chi connectivity index (χ4n) is 4.88. The van der Waals surface area contributed by atoms with Gasteiger partial charge in [-0.15, -0.1) is 11.3 Å². The highest BCUT2D eigenvalue weighted by atomic mass is 35.5. The number of nitrogens with zero attached hydrogens (tertiary/aromatic N) is 5. The van der Waals surface area contributed by atoms with Gasteiger partial charge in [0.15, 0.2) is 5.02 Å². The van der Waals surface area contributed by atoms with E-state index in [2.05, 4.69) is 60.4 Å². The molecule has 0 unspecified atom stereocenters. The fraction of sp³-hybridized carbons (Fsp3) is 0.172. The molecule has 0 atom stereocenters. The number of benzene rings is 1. The van der Waals surface area contributed by atoms with Crippen LogP contribution in [0.25, 0.3) is 28.9 Å². The molecule has 8 heteroatoms. The zero-order valence-corrected chi connectivity index (χ0v) is 22.0. The van der Waals surface area contributed by atoms with Gasteiger partial charge in [0.1, 0.15) is 0 Å². The van der Waals surface area contributed by atoms with Crippen molar-refractivity contribution in [2.24, 2.45) is 0 Å². The van der Waals surface area contributed by atoms with Gasteiger partial charge in [-0.25, -0.2) is 9.56 Å². The number of hydrogen-bond donors (Lipinski definition) is 0. The van der Waals surface area contributed by atoms with Crippen LogP contribution in [0, 0.1) is 0 Å². The average Bonchev–Trinajstić information content (AvgIpc) is 3.54. The predicted octanol–water partition coefficient (Wildman–Crippen LogP) is 4.40. The molecule has 4 aromatic rings. The maximum Gasteiger partial charge on any atom is 0.329 e. The van der Waals surface area contributed by atoms with E-state index in [1.165, 1.54) is 21.8 Å². The lowest BCUT2D eigenvalue weighted by atomic mass is 10.0. The Balaban J connectivity index is 1.44. The van der Waals surface area contributed by atoms with E-state index in [0.717, 1.165) is 33.7 Å². The largest absolute Gasteiger partial charge is 0.334 e. The lowest BCUT2D eigenvalue weighted by Gasteiger charge is -2.26. The number of carbonyl (C=O) groups is 1. The Bertz CT molecular complexity index is 1750. The fourth-order valence-corrected chi connectivity index (χ4v) is 5.96. The van der Waals surface area contributed by atoms with Gasteiger partial charge in [0.25, 0.3) is 11.6 Å². The number of allylic oxidation sites excluding steroid dienone is 2. The molecule has 1 aliphatic heterocycles. The van der Waals surface area contributed by atoms with Crippen molar-refractivity contribution in [3.05, 3.63) is 91.7 Å². The van der Waals surface area contributed by atoms with Crippen LogP contribution in [-0.2, 0) is 0 Å². The molecule has 37 heavy (non-hydrogen) atoms. The van der Waals surface area contributed by atoms with E-state index in [-0.39, 0.29) is 5.91 Å². The lowest BCUT2D eigenvalue weighted by molar-refractivity contribution is -0.400. The van der Waals surface area contributed by atoms with E-state index < -0.39 is 0 Å². The minimum Gasteiger partial charge on any atom is -0.334 e. The summed E-state index contributed by atoms with van der Waals surface area (Å²) in [6, 6.07) is 12.1. The van der Waals surface area contributed by atoms with Gasteiger partial charge in [-0.05, 0) is 51.9 Å². The molecule has 3 aromatic heterocycles. The molecule has 184 valence electrons. The first-order valence-electron chi connectivity index (χ1n) is 12.1. The highest BCUT2D eigenvalue weighted by molar-refractivity contribution is 7.12. The summed E-state index contributed by atoms with van der Waals surface area (Å²) >= 11 is 8.40. The third kappa shape index (κ3) is 4.24. The summed E-state index contributed by atoms with van der Waals surface area (Å²) < 4.78 is 3.49. The molecule has 1 aliphatic carbocycles. The Morgan fingerprint density at radius 2 is 1.97 bits per heavy atom. The summed E-state index contributed by atoms with van der Waals surface area (Å²) in [5.41, 5.74) is 4.48. The molecule has 6 nitrogen and oxygen atoms in total. The molecule has 1 amide bonds. The monoisotopic (exact) mass is 526 g/mol. The highest BCUT2D eigenvalue weighted by Gasteiger charge is 2.29. The lowest BCUT2D eigenvalue weighted by Crippen LogP contribution is -2.34. The van der Waals surface area contributed by atoms with Gasteiger partial charge in [0, 0.05) is 13.1 Å². The number of carbonyl (C=O) groups excluding carboxylic acids is 1. The molecule has 0 fully saturated rings. The van der Waals surface area contributed by atoms with Crippen LogP contribution < -0.4 is 10.4 Å². The van der Waals surface area contributed by atoms with Crippen LogP contribution in [0.1, 0.15) is 33.8 Å². The molecule has 0 bridgehead atoms. The Kier molecular flexibility index (Phi) is 6.10. The first-order chi connectivity index (χ1) is 18.0. The van der Waals surface area contributed by atoms with Crippen molar-refractivity contribution in [2.45, 2.75) is 12.8 Å². The van der Waals surface area contributed by atoms with Gasteiger partial charge in [-0.2, -0.15) is 0 Å². The highest BCUT2D eigenvalue weighted by Crippen LogP contribution is 2.36. The van der Waals surface area contributed by atoms with Crippen LogP contribution in [-0.4, -0.2) is 56.8 Å². The summed E-state index contributed by atoms with van der Waals surface area (Å²) in [4.78, 5) is 20.5. The third-order valence-corrected chi connectivity index (χ3v) is 7.96. The summed E-state index contributed by atoms with van der Waals surface area (Å²) in [6.07, 6.45) is 12.0. The van der Waals surface area contributed by atoms with E-state index >= 15 is 0 Å². The maximum atomic E-state index is 12.8.